The maximum atomic E-state index is 14.8. The van der Waals surface area contributed by atoms with Gasteiger partial charge in [0.1, 0.15) is 66.5 Å². The number of carboxylic acid groups (broad SMARTS) is 1. The third-order valence-electron chi connectivity index (χ3n) is 19.0. The molecule has 0 aliphatic heterocycles. The molecule has 0 spiro atoms. The van der Waals surface area contributed by atoms with Gasteiger partial charge in [0.2, 0.25) is 65.0 Å². The molecule has 0 bridgehead atoms. The summed E-state index contributed by atoms with van der Waals surface area (Å²) in [6, 6.07) is 0.182. The van der Waals surface area contributed by atoms with Crippen molar-refractivity contribution in [2.45, 2.75) is 231 Å². The lowest BCUT2D eigenvalue weighted by Crippen LogP contribution is -2.62. The largest absolute Gasteiger partial charge is 0.480 e. The van der Waals surface area contributed by atoms with Crippen molar-refractivity contribution in [1.29, 1.82) is 0 Å². The van der Waals surface area contributed by atoms with Crippen molar-refractivity contribution in [3.8, 4) is 0 Å². The molecule has 4 rings (SSSR count). The van der Waals surface area contributed by atoms with Gasteiger partial charge in [-0.25, -0.2) is 9.78 Å². The van der Waals surface area contributed by atoms with Gasteiger partial charge in [0.15, 0.2) is 5.96 Å². The molecule has 0 aliphatic carbocycles. The molecule has 2 aromatic heterocycles. The summed E-state index contributed by atoms with van der Waals surface area (Å²) in [6.45, 7) is 15.1. The minimum Gasteiger partial charge on any atom is -0.480 e. The number of para-hydroxylation sites is 1. The minimum absolute atomic E-state index is 0.00932. The number of benzene rings is 2. The lowest BCUT2D eigenvalue weighted by molar-refractivity contribution is -0.142. The molecule has 11 amide bonds. The van der Waals surface area contributed by atoms with E-state index in [4.69, 9.17) is 28.7 Å². The maximum absolute atomic E-state index is 14.8. The van der Waals surface area contributed by atoms with E-state index in [1.54, 1.807) is 78.1 Å². The molecule has 0 saturated carbocycles. The molecule has 598 valence electrons. The molecule has 34 heteroatoms. The number of aliphatic imine (C=N–C) groups is 1. The number of aliphatic carboxylic acids is 1. The smallest absolute Gasteiger partial charge is 0.326 e. The number of carbonyl (C=O) groups is 12. The van der Waals surface area contributed by atoms with E-state index in [2.05, 4.69) is 78.4 Å². The maximum Gasteiger partial charge on any atom is 0.326 e. The summed E-state index contributed by atoms with van der Waals surface area (Å²) in [5, 5.41) is 50.8. The third-order valence-corrected chi connectivity index (χ3v) is 19.0. The Morgan fingerprint density at radius 2 is 0.926 bits per heavy atom. The molecule has 0 aliphatic rings. The van der Waals surface area contributed by atoms with Gasteiger partial charge in [-0.1, -0.05) is 123 Å². The van der Waals surface area contributed by atoms with Crippen LogP contribution in [0.15, 0.2) is 78.3 Å². The fourth-order valence-electron chi connectivity index (χ4n) is 11.8. The summed E-state index contributed by atoms with van der Waals surface area (Å²) >= 11 is 0. The van der Waals surface area contributed by atoms with Gasteiger partial charge < -0.3 is 107 Å². The highest BCUT2D eigenvalue weighted by Crippen LogP contribution is 2.21. The number of aliphatic hydroxyl groups excluding tert-OH is 1. The summed E-state index contributed by atoms with van der Waals surface area (Å²) < 4.78 is 0. The molecule has 2 aromatic carbocycles. The predicted octanol–water partition coefficient (Wildman–Crippen LogP) is -0.828. The summed E-state index contributed by atoms with van der Waals surface area (Å²) in [6.07, 6.45) is 7.36. The number of nitrogens with zero attached hydrogens (tertiary/aromatic N) is 2. The van der Waals surface area contributed by atoms with Crippen LogP contribution in [-0.2, 0) is 76.8 Å². The number of aromatic nitrogens is 3. The fraction of sp³-hybridized carbons (Fsp3) is 0.595. The minimum atomic E-state index is -1.73. The number of carbonyl (C=O) groups excluding carboxylic acids is 11. The number of fused-ring (bicyclic) bond motifs is 1. The van der Waals surface area contributed by atoms with Gasteiger partial charge in [-0.3, -0.25) is 57.7 Å². The number of amides is 11. The summed E-state index contributed by atoms with van der Waals surface area (Å²) in [4.78, 5) is 184. The third kappa shape index (κ3) is 29.9. The summed E-state index contributed by atoms with van der Waals surface area (Å²) in [5.41, 5.74) is 31.7. The SMILES string of the molecule is CC[C@H](C)[C@H](NC(=O)[C@H](CC(C)C)NC(=O)[C@H](C)NC(=O)[C@H](CCCN=C(N)N)NC(=O)[C@H](Cc1ccccc1)NC(=O)[C@@H](NC(=O)[C@@H](NC(=O)[C@@H](N)Cc1c[nH]c2ccccc12)[C@@H](C)CC)[C@@H](C)CC)C(=O)N[C@@H](CO)C(=O)N[C@@H](Cc1cnc[nH]1)C(=O)N[C@@H](CCCCN)C(=O)N[C@@H](CCCCN)C(=O)O. The van der Waals surface area contributed by atoms with Gasteiger partial charge in [-0.2, -0.15) is 0 Å². The number of aliphatic hydroxyl groups is 1. The van der Waals surface area contributed by atoms with Crippen molar-refractivity contribution in [2.75, 3.05) is 26.2 Å². The van der Waals surface area contributed by atoms with Crippen molar-refractivity contribution in [3.05, 3.63) is 90.1 Å². The van der Waals surface area contributed by atoms with Crippen LogP contribution in [0.3, 0.4) is 0 Å². The number of guanidine groups is 1. The fourth-order valence-corrected chi connectivity index (χ4v) is 11.8. The lowest BCUT2D eigenvalue weighted by Gasteiger charge is -2.31. The number of carboxylic acids is 1. The number of nitrogens with one attached hydrogen (secondary N) is 13. The number of imidazole rings is 1. The quantitative estimate of drug-likeness (QED) is 0.0146. The van der Waals surface area contributed by atoms with Crippen LogP contribution in [0.5, 0.6) is 0 Å². The molecule has 0 fully saturated rings. The zero-order valence-corrected chi connectivity index (χ0v) is 63.7. The second-order valence-electron chi connectivity index (χ2n) is 28.1. The van der Waals surface area contributed by atoms with Gasteiger partial charge >= 0.3 is 5.97 Å². The van der Waals surface area contributed by atoms with E-state index in [0.29, 0.717) is 56.3 Å². The number of H-pyrrole nitrogens is 2. The van der Waals surface area contributed by atoms with Gasteiger partial charge in [0.25, 0.3) is 0 Å². The topological polar surface area (TPSA) is 565 Å². The highest BCUT2D eigenvalue weighted by Gasteiger charge is 2.39. The molecular formula is C74H118N20O14. The number of nitrogens with two attached hydrogens (primary N) is 5. The Balaban J connectivity index is 1.54. The van der Waals surface area contributed by atoms with E-state index in [-0.39, 0.29) is 82.8 Å². The first-order chi connectivity index (χ1) is 51.4. The first kappa shape index (κ1) is 90.3. The molecule has 25 N–H and O–H groups in total. The predicted molar refractivity (Wildman–Crippen MR) is 408 cm³/mol. The Kier molecular flexibility index (Phi) is 39.2. The highest BCUT2D eigenvalue weighted by molar-refractivity contribution is 6.00. The van der Waals surface area contributed by atoms with Crippen LogP contribution in [-0.4, -0.2) is 201 Å². The van der Waals surface area contributed by atoms with Gasteiger partial charge in [-0.15, -0.1) is 0 Å². The van der Waals surface area contributed by atoms with Crippen LogP contribution >= 0.6 is 0 Å². The molecule has 34 nitrogen and oxygen atoms in total. The molecular weight excluding hydrogens is 1390 g/mol. The second kappa shape index (κ2) is 46.9. The van der Waals surface area contributed by atoms with Crippen molar-refractivity contribution >= 4 is 87.8 Å². The van der Waals surface area contributed by atoms with Crippen LogP contribution in [0.4, 0.5) is 0 Å². The summed E-state index contributed by atoms with van der Waals surface area (Å²) in [5.74, 6) is -12.4. The van der Waals surface area contributed by atoms with Crippen molar-refractivity contribution < 1.29 is 67.7 Å². The zero-order valence-electron chi connectivity index (χ0n) is 63.7. The number of hydrogen-bond donors (Lipinski definition) is 20. The highest BCUT2D eigenvalue weighted by atomic mass is 16.4. The van der Waals surface area contributed by atoms with E-state index in [1.165, 1.54) is 19.4 Å². The monoisotopic (exact) mass is 1510 g/mol. The van der Waals surface area contributed by atoms with Crippen LogP contribution in [0.25, 0.3) is 10.9 Å². The van der Waals surface area contributed by atoms with Crippen molar-refractivity contribution in [3.63, 3.8) is 0 Å². The van der Waals surface area contributed by atoms with Crippen LogP contribution < -0.4 is 87.2 Å². The van der Waals surface area contributed by atoms with E-state index in [9.17, 15) is 67.7 Å². The number of hydrogen-bond acceptors (Lipinski definition) is 18. The Hall–Kier alpha value is -10.1. The second-order valence-corrected chi connectivity index (χ2v) is 28.1. The molecule has 0 saturated heterocycles. The first-order valence-corrected chi connectivity index (χ1v) is 37.4. The van der Waals surface area contributed by atoms with Crippen molar-refractivity contribution in [2.24, 2.45) is 57.3 Å². The standard InChI is InChI=1S/C74H118N20O14/c1-10-42(6)59(71(105)91-58(39-95)69(103)89-57(36-48-38-80-40-83-48)67(101)85-52(27-18-20-30-75)65(99)87-54(73(107)108)28-19-21-31-76)93-68(102)55(33-41(4)5)88-62(96)45(9)84-64(98)53(29-22-32-81-74(78)79)86-66(100)56(34-46-23-14-13-15-24-46)90-70(104)60(43(7)11-2)94-72(106)61(44(8)12-3)92-63(97)50(77)35-47-37-82-51-26-17-16-25-49(47)51/h13-17,23-26,37-38,40-45,50,52-61,82,95H,10-12,18-22,27-36,39,75-77H2,1-9H3,(H,80,83)(H,84,98)(H,85,101)(H,86,100)(H,87,99)(H,88,96)(H,89,103)(H,90,104)(H,91,105)(H,92,97)(H,93,102)(H,94,106)(H,107,108)(H4,78,79,81)/t42-,43-,44-,45-,50-,52-,53-,54-,55-,56-,57-,58-,59-,60-,61-/m0/s1. The Morgan fingerprint density at radius 3 is 1.45 bits per heavy atom. The van der Waals surface area contributed by atoms with Crippen LogP contribution in [0, 0.1) is 23.7 Å². The zero-order chi connectivity index (χ0) is 80.2. The first-order valence-electron chi connectivity index (χ1n) is 37.4. The number of aromatic amines is 2. The van der Waals surface area contributed by atoms with Gasteiger partial charge in [0.05, 0.1) is 19.0 Å². The van der Waals surface area contributed by atoms with Gasteiger partial charge in [-0.05, 0) is 125 Å². The molecule has 2 heterocycles. The van der Waals surface area contributed by atoms with Crippen LogP contribution in [0.1, 0.15) is 156 Å². The van der Waals surface area contributed by atoms with Gasteiger partial charge in [0, 0.05) is 48.4 Å². The molecule has 0 radical (unpaired) electrons. The molecule has 4 aromatic rings. The van der Waals surface area contributed by atoms with Crippen molar-refractivity contribution in [1.82, 2.24) is 73.4 Å². The molecule has 15 atom stereocenters. The molecule has 108 heavy (non-hydrogen) atoms. The summed E-state index contributed by atoms with van der Waals surface area (Å²) in [7, 11) is 0. The van der Waals surface area contributed by atoms with E-state index < -0.39 is 168 Å². The Bertz CT molecular complexity index is 3570. The number of rotatable bonds is 50. The average Bonchev–Trinajstić information content (AvgIpc) is 1.76. The number of unbranched alkanes of at least 4 members (excludes halogenated alkanes) is 2. The van der Waals surface area contributed by atoms with E-state index in [0.717, 1.165) is 16.5 Å². The van der Waals surface area contributed by atoms with Crippen LogP contribution in [0.2, 0.25) is 0 Å². The van der Waals surface area contributed by atoms with E-state index in [1.807, 2.05) is 38.1 Å². The average molecular weight is 1510 g/mol. The lowest BCUT2D eigenvalue weighted by atomic mass is 9.94. The molecule has 0 unspecified atom stereocenters. The van der Waals surface area contributed by atoms with E-state index >= 15 is 0 Å². The Labute approximate surface area is 631 Å². The normalized spacial score (nSPS) is 15.5. The Morgan fingerprint density at radius 1 is 0.481 bits per heavy atom.